The molecule has 0 fully saturated rings. The van der Waals surface area contributed by atoms with Crippen LogP contribution in [0.5, 0.6) is 0 Å². The number of amidine groups is 1. The molecule has 0 saturated heterocycles. The van der Waals surface area contributed by atoms with Gasteiger partial charge in [0.2, 0.25) is 11.5 Å². The second-order valence-electron chi connectivity index (χ2n) is 3.78. The highest BCUT2D eigenvalue weighted by Crippen LogP contribution is 2.16. The first-order chi connectivity index (χ1) is 9.60. The molecule has 2 rings (SSSR count). The van der Waals surface area contributed by atoms with E-state index in [1.54, 1.807) is 37.4 Å². The molecule has 9 nitrogen and oxygen atoms in total. The summed E-state index contributed by atoms with van der Waals surface area (Å²) in [5.74, 6) is 0.129. The lowest BCUT2D eigenvalue weighted by atomic mass is 10.2. The van der Waals surface area contributed by atoms with E-state index in [1.807, 2.05) is 0 Å². The summed E-state index contributed by atoms with van der Waals surface area (Å²) in [6.45, 7) is 0. The molecule has 0 aliphatic heterocycles. The molecule has 1 aromatic carbocycles. The van der Waals surface area contributed by atoms with E-state index in [0.717, 1.165) is 5.56 Å². The van der Waals surface area contributed by atoms with Crippen molar-refractivity contribution in [3.05, 3.63) is 24.3 Å². The Morgan fingerprint density at radius 1 is 1.45 bits per heavy atom. The lowest BCUT2D eigenvalue weighted by Gasteiger charge is -2.01. The van der Waals surface area contributed by atoms with Crippen LogP contribution in [0.2, 0.25) is 0 Å². The van der Waals surface area contributed by atoms with Crippen LogP contribution < -0.4 is 11.2 Å². The maximum absolute atomic E-state index is 8.70. The molecule has 0 atom stereocenters. The van der Waals surface area contributed by atoms with Crippen LogP contribution in [-0.2, 0) is 7.05 Å². The number of nitrogens with two attached hydrogens (primary N) is 1. The average Bonchev–Trinajstić information content (AvgIpc) is 2.86. The molecule has 4 N–H and O–H groups in total. The van der Waals surface area contributed by atoms with Crippen molar-refractivity contribution >= 4 is 17.2 Å². The second-order valence-corrected chi connectivity index (χ2v) is 3.78. The van der Waals surface area contributed by atoms with E-state index >= 15 is 0 Å². The van der Waals surface area contributed by atoms with E-state index in [4.69, 9.17) is 16.4 Å². The third-order valence-corrected chi connectivity index (χ3v) is 2.31. The number of hydrogen-bond donors (Lipinski definition) is 3. The molecular weight excluding hydrogens is 258 g/mol. The highest BCUT2D eigenvalue weighted by Gasteiger charge is 2.04. The molecule has 0 bridgehead atoms. The van der Waals surface area contributed by atoms with Crippen LogP contribution >= 0.6 is 0 Å². The van der Waals surface area contributed by atoms with Crippen LogP contribution in [0.3, 0.4) is 0 Å². The fraction of sp³-hybridized carbons (Fsp3) is 0.0909. The highest BCUT2D eigenvalue weighted by atomic mass is 15.6. The largest absolute Gasteiger partial charge is 0.382 e. The minimum Gasteiger partial charge on any atom is -0.382 e. The summed E-state index contributed by atoms with van der Waals surface area (Å²) in [5.41, 5.74) is 9.10. The zero-order valence-electron chi connectivity index (χ0n) is 10.6. The van der Waals surface area contributed by atoms with Gasteiger partial charge in [0, 0.05) is 5.56 Å². The number of hydrogen-bond acceptors (Lipinski definition) is 7. The number of anilines is 1. The van der Waals surface area contributed by atoms with Crippen molar-refractivity contribution in [1.82, 2.24) is 20.2 Å². The smallest absolute Gasteiger partial charge is 0.204 e. The lowest BCUT2D eigenvalue weighted by Crippen LogP contribution is -2.21. The monoisotopic (exact) mass is 269 g/mol. The summed E-state index contributed by atoms with van der Waals surface area (Å²) >= 11 is 0. The maximum atomic E-state index is 8.70. The summed E-state index contributed by atoms with van der Waals surface area (Å²) in [6, 6.07) is 8.77. The Morgan fingerprint density at radius 2 is 2.15 bits per heavy atom. The molecule has 0 saturated carbocycles. The van der Waals surface area contributed by atoms with Gasteiger partial charge in [-0.1, -0.05) is 0 Å². The summed E-state index contributed by atoms with van der Waals surface area (Å²) in [7, 11) is 1.69. The number of nitrogens with one attached hydrogen (secondary N) is 2. The Labute approximate surface area is 114 Å². The van der Waals surface area contributed by atoms with Crippen molar-refractivity contribution in [1.29, 1.82) is 10.7 Å². The molecule has 0 unspecified atom stereocenters. The van der Waals surface area contributed by atoms with E-state index in [2.05, 4.69) is 25.9 Å². The molecule has 0 spiro atoms. The molecule has 2 aromatic rings. The van der Waals surface area contributed by atoms with Gasteiger partial charge in [0.1, 0.15) is 6.07 Å². The van der Waals surface area contributed by atoms with Crippen molar-refractivity contribution in [3.63, 3.8) is 0 Å². The van der Waals surface area contributed by atoms with Crippen LogP contribution in [0.25, 0.3) is 11.4 Å². The van der Waals surface area contributed by atoms with Crippen LogP contribution in [-0.4, -0.2) is 31.8 Å². The highest BCUT2D eigenvalue weighted by molar-refractivity contribution is 6.45. The van der Waals surface area contributed by atoms with Gasteiger partial charge in [0.05, 0.1) is 12.7 Å². The van der Waals surface area contributed by atoms with Gasteiger partial charge in [-0.15, -0.1) is 10.2 Å². The number of nitrogens with zero attached hydrogens (tertiary/aromatic N) is 6. The lowest BCUT2D eigenvalue weighted by molar-refractivity contribution is 0.630. The minimum atomic E-state index is -0.389. The van der Waals surface area contributed by atoms with E-state index in [0.29, 0.717) is 11.5 Å². The van der Waals surface area contributed by atoms with Crippen LogP contribution in [0.15, 0.2) is 29.4 Å². The first-order valence-electron chi connectivity index (χ1n) is 5.53. The Kier molecular flexibility index (Phi) is 3.67. The van der Waals surface area contributed by atoms with Gasteiger partial charge >= 0.3 is 0 Å². The van der Waals surface area contributed by atoms with Crippen molar-refractivity contribution in [2.45, 2.75) is 0 Å². The Morgan fingerprint density at radius 3 is 2.65 bits per heavy atom. The molecule has 100 valence electrons. The van der Waals surface area contributed by atoms with Gasteiger partial charge in [-0.05, 0) is 29.5 Å². The number of benzene rings is 1. The summed E-state index contributed by atoms with van der Waals surface area (Å²) < 4.78 is 0. The minimum absolute atomic E-state index is 0.176. The van der Waals surface area contributed by atoms with Gasteiger partial charge in [-0.3, -0.25) is 10.8 Å². The fourth-order valence-electron chi connectivity index (χ4n) is 1.36. The summed E-state index contributed by atoms with van der Waals surface area (Å²) in [5, 5.41) is 31.3. The third kappa shape index (κ3) is 2.94. The van der Waals surface area contributed by atoms with Crippen molar-refractivity contribution in [2.75, 3.05) is 5.43 Å². The zero-order valence-corrected chi connectivity index (χ0v) is 10.6. The SMILES string of the molecule is Cn1nnc(-c2ccc(N/N=C(\C#N)C(=N)N)cc2)n1. The van der Waals surface area contributed by atoms with Crippen molar-refractivity contribution < 1.29 is 0 Å². The summed E-state index contributed by atoms with van der Waals surface area (Å²) in [6.07, 6.45) is 0. The molecule has 0 aliphatic carbocycles. The van der Waals surface area contributed by atoms with Gasteiger partial charge in [0.15, 0.2) is 5.84 Å². The van der Waals surface area contributed by atoms with Gasteiger partial charge in [0.25, 0.3) is 0 Å². The normalized spacial score (nSPS) is 10.9. The van der Waals surface area contributed by atoms with Gasteiger partial charge in [-0.25, -0.2) is 0 Å². The molecule has 0 amide bonds. The topological polar surface area (TPSA) is 142 Å². The molecular formula is C11H11N9. The Balaban J connectivity index is 2.13. The Bertz CT molecular complexity index is 689. The van der Waals surface area contributed by atoms with Crippen molar-refractivity contribution in [3.8, 4) is 17.5 Å². The van der Waals surface area contributed by atoms with E-state index < -0.39 is 0 Å². The number of nitriles is 1. The first-order valence-corrected chi connectivity index (χ1v) is 5.53. The zero-order chi connectivity index (χ0) is 14.5. The number of tetrazole rings is 1. The average molecular weight is 269 g/mol. The van der Waals surface area contributed by atoms with Gasteiger partial charge < -0.3 is 5.73 Å². The molecule has 1 heterocycles. The quantitative estimate of drug-likeness (QED) is 0.408. The van der Waals surface area contributed by atoms with Crippen molar-refractivity contribution in [2.24, 2.45) is 17.9 Å². The first kappa shape index (κ1) is 13.2. The third-order valence-electron chi connectivity index (χ3n) is 2.31. The summed E-state index contributed by atoms with van der Waals surface area (Å²) in [4.78, 5) is 1.37. The van der Waals surface area contributed by atoms with Crippen LogP contribution in [0.1, 0.15) is 0 Å². The fourth-order valence-corrected chi connectivity index (χ4v) is 1.36. The van der Waals surface area contributed by atoms with E-state index in [1.165, 1.54) is 4.80 Å². The van der Waals surface area contributed by atoms with E-state index in [-0.39, 0.29) is 11.5 Å². The van der Waals surface area contributed by atoms with E-state index in [9.17, 15) is 0 Å². The van der Waals surface area contributed by atoms with Crippen LogP contribution in [0.4, 0.5) is 5.69 Å². The maximum Gasteiger partial charge on any atom is 0.204 e. The second kappa shape index (κ2) is 5.57. The van der Waals surface area contributed by atoms with Crippen LogP contribution in [0, 0.1) is 16.7 Å². The predicted molar refractivity (Wildman–Crippen MR) is 72.8 cm³/mol. The molecule has 9 heteroatoms. The number of rotatable bonds is 4. The molecule has 20 heavy (non-hydrogen) atoms. The molecule has 0 radical (unpaired) electrons. The predicted octanol–water partition coefficient (Wildman–Crippen LogP) is 0.105. The van der Waals surface area contributed by atoms with Gasteiger partial charge in [-0.2, -0.15) is 15.2 Å². The number of aromatic nitrogens is 4. The Hall–Kier alpha value is -3.28. The molecule has 1 aromatic heterocycles. The molecule has 0 aliphatic rings. The number of aryl methyl sites for hydroxylation is 1. The standard InChI is InChI=1S/C11H11N9/c1-20-18-11(17-19-20)7-2-4-8(5-3-7)15-16-9(6-12)10(13)14/h2-5,15H,1H3,(H3,13,14)/b16-9+. The number of hydrazone groups is 1.